The third kappa shape index (κ3) is 12.1. The standard InChI is InChI=1S/C34H42O6/c1-3-5-7-9-11-19-25-29(39-33(37)27-21-15-13-16-22-27)31(35)32(36)30(26-20-12-10-8-6-4-2)40-34(38)28-23-17-14-18-24-28/h13-18,21-24,29-32,35-36H,3-10,25-26H2,1-2H3/t29-,30-,31-,32+/m1/s1. The predicted molar refractivity (Wildman–Crippen MR) is 156 cm³/mol. The van der Waals surface area contributed by atoms with Gasteiger partial charge in [-0.15, -0.1) is 11.8 Å². The summed E-state index contributed by atoms with van der Waals surface area (Å²) in [6, 6.07) is 16.8. The maximum atomic E-state index is 12.8. The molecule has 2 aromatic carbocycles. The van der Waals surface area contributed by atoms with Crippen molar-refractivity contribution in [1.82, 2.24) is 0 Å². The van der Waals surface area contributed by atoms with Gasteiger partial charge in [-0.3, -0.25) is 0 Å². The Morgan fingerprint density at radius 1 is 0.625 bits per heavy atom. The number of aliphatic hydroxyl groups is 2. The highest BCUT2D eigenvalue weighted by atomic mass is 16.6. The third-order valence-electron chi connectivity index (χ3n) is 6.31. The van der Waals surface area contributed by atoms with Crippen LogP contribution in [0.25, 0.3) is 0 Å². The van der Waals surface area contributed by atoms with Gasteiger partial charge in [-0.05, 0) is 37.1 Å². The highest BCUT2D eigenvalue weighted by molar-refractivity contribution is 5.90. The van der Waals surface area contributed by atoms with Crippen molar-refractivity contribution >= 4 is 11.9 Å². The minimum absolute atomic E-state index is 0.0188. The van der Waals surface area contributed by atoms with Gasteiger partial charge in [-0.2, -0.15) is 0 Å². The molecule has 0 radical (unpaired) electrons. The molecule has 6 nitrogen and oxygen atoms in total. The van der Waals surface area contributed by atoms with E-state index in [0.29, 0.717) is 24.0 Å². The molecule has 0 saturated carbocycles. The van der Waals surface area contributed by atoms with E-state index in [0.717, 1.165) is 38.5 Å². The van der Waals surface area contributed by atoms with Crippen molar-refractivity contribution in [2.45, 2.75) is 102 Å². The van der Waals surface area contributed by atoms with E-state index in [1.54, 1.807) is 60.7 Å². The summed E-state index contributed by atoms with van der Waals surface area (Å²) in [6.07, 6.45) is 2.21. The second kappa shape index (κ2) is 19.5. The lowest BCUT2D eigenvalue weighted by Crippen LogP contribution is -2.47. The van der Waals surface area contributed by atoms with E-state index >= 15 is 0 Å². The smallest absolute Gasteiger partial charge is 0.338 e. The molecule has 0 aliphatic rings. The molecule has 0 aromatic heterocycles. The van der Waals surface area contributed by atoms with Crippen LogP contribution in [0.5, 0.6) is 0 Å². The Hall–Kier alpha value is -3.58. The number of hydrogen-bond acceptors (Lipinski definition) is 6. The van der Waals surface area contributed by atoms with E-state index < -0.39 is 36.4 Å². The maximum absolute atomic E-state index is 12.8. The molecule has 0 heterocycles. The van der Waals surface area contributed by atoms with E-state index in [9.17, 15) is 19.8 Å². The van der Waals surface area contributed by atoms with Crippen LogP contribution in [-0.4, -0.2) is 46.6 Å². The van der Waals surface area contributed by atoms with Crippen molar-refractivity contribution in [3.05, 3.63) is 71.8 Å². The summed E-state index contributed by atoms with van der Waals surface area (Å²) in [7, 11) is 0. The van der Waals surface area contributed by atoms with E-state index in [-0.39, 0.29) is 12.8 Å². The van der Waals surface area contributed by atoms with Crippen LogP contribution in [0.2, 0.25) is 0 Å². The first-order valence-corrected chi connectivity index (χ1v) is 14.3. The summed E-state index contributed by atoms with van der Waals surface area (Å²) < 4.78 is 11.3. The summed E-state index contributed by atoms with van der Waals surface area (Å²) in [6.45, 7) is 4.22. The zero-order valence-corrected chi connectivity index (χ0v) is 23.7. The van der Waals surface area contributed by atoms with Gasteiger partial charge in [0.1, 0.15) is 24.4 Å². The number of rotatable bonds is 15. The van der Waals surface area contributed by atoms with Crippen molar-refractivity contribution in [2.24, 2.45) is 0 Å². The van der Waals surface area contributed by atoms with Crippen LogP contribution >= 0.6 is 0 Å². The lowest BCUT2D eigenvalue weighted by molar-refractivity contribution is -0.110. The van der Waals surface area contributed by atoms with Crippen LogP contribution in [0.15, 0.2) is 60.7 Å². The average Bonchev–Trinajstić information content (AvgIpc) is 2.99. The molecule has 6 heteroatoms. The van der Waals surface area contributed by atoms with E-state index in [1.165, 1.54) is 0 Å². The molecule has 0 unspecified atom stereocenters. The van der Waals surface area contributed by atoms with Crippen molar-refractivity contribution in [2.75, 3.05) is 0 Å². The minimum atomic E-state index is -1.56. The zero-order valence-electron chi connectivity index (χ0n) is 23.7. The second-order valence-electron chi connectivity index (χ2n) is 9.63. The Morgan fingerprint density at radius 3 is 1.35 bits per heavy atom. The van der Waals surface area contributed by atoms with Gasteiger partial charge >= 0.3 is 11.9 Å². The summed E-state index contributed by atoms with van der Waals surface area (Å²) in [5, 5.41) is 22.4. The largest absolute Gasteiger partial charge is 0.455 e. The van der Waals surface area contributed by atoms with Gasteiger partial charge in [-0.1, -0.05) is 87.8 Å². The average molecular weight is 547 g/mol. The van der Waals surface area contributed by atoms with E-state index in [2.05, 4.69) is 37.5 Å². The summed E-state index contributed by atoms with van der Waals surface area (Å²) in [5.74, 6) is 10.8. The molecule has 0 bridgehead atoms. The number of carbonyl (C=O) groups is 2. The van der Waals surface area contributed by atoms with Crippen molar-refractivity contribution in [1.29, 1.82) is 0 Å². The molecule has 0 fully saturated rings. The van der Waals surface area contributed by atoms with Crippen molar-refractivity contribution < 1.29 is 29.3 Å². The molecular weight excluding hydrogens is 504 g/mol. The molecule has 2 aromatic rings. The predicted octanol–water partition coefficient (Wildman–Crippen LogP) is 6.11. The van der Waals surface area contributed by atoms with Gasteiger partial charge in [0.2, 0.25) is 0 Å². The molecule has 0 saturated heterocycles. The zero-order chi connectivity index (χ0) is 29.0. The minimum Gasteiger partial charge on any atom is -0.455 e. The first kappa shape index (κ1) is 32.6. The molecule has 2 N–H and O–H groups in total. The Morgan fingerprint density at radius 2 is 1.00 bits per heavy atom. The first-order valence-electron chi connectivity index (χ1n) is 14.3. The lowest BCUT2D eigenvalue weighted by Gasteiger charge is -2.30. The third-order valence-corrected chi connectivity index (χ3v) is 6.31. The SMILES string of the molecule is CCCCCC#CC[C@@H](OC(=O)c1ccccc1)[C@H](O)[C@H](O)[C@@H](CC#CCCCCC)OC(=O)c1ccccc1. The van der Waals surface area contributed by atoms with Crippen LogP contribution in [0, 0.1) is 23.7 Å². The number of aliphatic hydroxyl groups excluding tert-OH is 2. The van der Waals surface area contributed by atoms with Gasteiger partial charge in [0.15, 0.2) is 0 Å². The number of unbranched alkanes of at least 4 members (excludes halogenated alkanes) is 6. The fourth-order valence-corrected chi connectivity index (χ4v) is 3.91. The van der Waals surface area contributed by atoms with Gasteiger partial charge in [0, 0.05) is 25.7 Å². The molecule has 40 heavy (non-hydrogen) atoms. The number of hydrogen-bond donors (Lipinski definition) is 2. The van der Waals surface area contributed by atoms with Gasteiger partial charge in [-0.25, -0.2) is 9.59 Å². The highest BCUT2D eigenvalue weighted by Gasteiger charge is 2.36. The molecular formula is C34H42O6. The second-order valence-corrected chi connectivity index (χ2v) is 9.63. The summed E-state index contributed by atoms with van der Waals surface area (Å²) in [5.41, 5.74) is 0.630. The van der Waals surface area contributed by atoms with E-state index in [1.807, 2.05) is 0 Å². The molecule has 4 atom stereocenters. The number of benzene rings is 2. The molecule has 214 valence electrons. The molecule has 0 aliphatic heterocycles. The fourth-order valence-electron chi connectivity index (χ4n) is 3.91. The van der Waals surface area contributed by atoms with Crippen LogP contribution < -0.4 is 0 Å². The van der Waals surface area contributed by atoms with E-state index in [4.69, 9.17) is 9.47 Å². The van der Waals surface area contributed by atoms with Crippen molar-refractivity contribution in [3.8, 4) is 23.7 Å². The van der Waals surface area contributed by atoms with Crippen molar-refractivity contribution in [3.63, 3.8) is 0 Å². The van der Waals surface area contributed by atoms with Crippen LogP contribution in [0.1, 0.15) is 98.8 Å². The molecule has 0 amide bonds. The lowest BCUT2D eigenvalue weighted by atomic mass is 9.98. The molecule has 0 aliphatic carbocycles. The Bertz CT molecular complexity index is 1030. The number of esters is 2. The topological polar surface area (TPSA) is 93.1 Å². The molecule has 2 rings (SSSR count). The van der Waals surface area contributed by atoms with Crippen LogP contribution in [0.3, 0.4) is 0 Å². The van der Waals surface area contributed by atoms with Gasteiger partial charge < -0.3 is 19.7 Å². The molecule has 0 spiro atoms. The van der Waals surface area contributed by atoms with Crippen LogP contribution in [-0.2, 0) is 9.47 Å². The maximum Gasteiger partial charge on any atom is 0.338 e. The number of carbonyl (C=O) groups excluding carboxylic acids is 2. The Labute approximate surface area is 239 Å². The quantitative estimate of drug-likeness (QED) is 0.159. The fraction of sp³-hybridized carbons (Fsp3) is 0.471. The monoisotopic (exact) mass is 546 g/mol. The number of ether oxygens (including phenoxy) is 2. The first-order chi connectivity index (χ1) is 19.5. The highest BCUT2D eigenvalue weighted by Crippen LogP contribution is 2.19. The Balaban J connectivity index is 2.22. The van der Waals surface area contributed by atoms with Gasteiger partial charge in [0.05, 0.1) is 11.1 Å². The normalized spacial score (nSPS) is 13.4. The van der Waals surface area contributed by atoms with Crippen LogP contribution in [0.4, 0.5) is 0 Å². The van der Waals surface area contributed by atoms with Gasteiger partial charge in [0.25, 0.3) is 0 Å². The summed E-state index contributed by atoms with van der Waals surface area (Å²) in [4.78, 5) is 25.6. The Kier molecular flexibility index (Phi) is 15.9. The summed E-state index contributed by atoms with van der Waals surface area (Å²) >= 11 is 0.